The molecule has 4 heterocycles. The average molecular weight is 513 g/mol. The van der Waals surface area contributed by atoms with Crippen LogP contribution in [0.2, 0.25) is 0 Å². The van der Waals surface area contributed by atoms with Gasteiger partial charge < -0.3 is 24.8 Å². The number of benzene rings is 1. The number of rotatable bonds is 4. The van der Waals surface area contributed by atoms with Gasteiger partial charge in [0.2, 0.25) is 11.9 Å². The molecule has 1 N–H and O–H groups in total. The first-order valence-corrected chi connectivity index (χ1v) is 12.0. The summed E-state index contributed by atoms with van der Waals surface area (Å²) in [7, 11) is 0. The standard InChI is InChI=1S/C17H18FN3O2.C9H12FN3.CH4/c18-16-7-6-15(12-19-16)20-8-10-21(11-9-20)17(22)23-13-14-4-2-1-3-5-14;10-9-2-1-8(7-12-9)13-5-3-11-4-6-13;/h1-7,12H,8-11,13H2;1-2,7,11H,3-6H2;1H4. The number of hydrogen-bond acceptors (Lipinski definition) is 7. The van der Waals surface area contributed by atoms with E-state index in [0.717, 1.165) is 43.1 Å². The molecule has 0 aliphatic carbocycles. The fourth-order valence-corrected chi connectivity index (χ4v) is 3.99. The van der Waals surface area contributed by atoms with Crippen LogP contribution >= 0.6 is 0 Å². The zero-order valence-corrected chi connectivity index (χ0v) is 20.0. The van der Waals surface area contributed by atoms with Crippen molar-refractivity contribution in [3.05, 3.63) is 84.4 Å². The van der Waals surface area contributed by atoms with Crippen molar-refractivity contribution in [1.29, 1.82) is 0 Å². The van der Waals surface area contributed by atoms with Gasteiger partial charge in [-0.1, -0.05) is 37.8 Å². The molecule has 3 aromatic rings. The number of carbonyl (C=O) groups is 1. The minimum absolute atomic E-state index is 0. The Labute approximate surface area is 216 Å². The summed E-state index contributed by atoms with van der Waals surface area (Å²) in [4.78, 5) is 25.3. The van der Waals surface area contributed by atoms with E-state index in [-0.39, 0.29) is 20.1 Å². The molecule has 0 atom stereocenters. The van der Waals surface area contributed by atoms with Gasteiger partial charge in [-0.05, 0) is 29.8 Å². The number of carbonyl (C=O) groups excluding carboxylic acids is 1. The molecular formula is C27H34F2N6O2. The number of pyridine rings is 2. The summed E-state index contributed by atoms with van der Waals surface area (Å²) in [5, 5.41) is 3.26. The lowest BCUT2D eigenvalue weighted by Gasteiger charge is -2.35. The Hall–Kier alpha value is -3.79. The van der Waals surface area contributed by atoms with Crippen LogP contribution in [-0.2, 0) is 11.3 Å². The maximum absolute atomic E-state index is 12.8. The summed E-state index contributed by atoms with van der Waals surface area (Å²) in [5.41, 5.74) is 2.84. The van der Waals surface area contributed by atoms with Crippen molar-refractivity contribution in [2.75, 3.05) is 62.2 Å². The van der Waals surface area contributed by atoms with E-state index in [2.05, 4.69) is 25.1 Å². The molecule has 1 amide bonds. The predicted molar refractivity (Wildman–Crippen MR) is 141 cm³/mol. The molecule has 2 aliphatic rings. The van der Waals surface area contributed by atoms with Gasteiger partial charge in [-0.25, -0.2) is 14.8 Å². The largest absolute Gasteiger partial charge is 0.445 e. The molecule has 0 radical (unpaired) electrons. The maximum Gasteiger partial charge on any atom is 0.410 e. The van der Waals surface area contributed by atoms with E-state index in [1.165, 1.54) is 18.3 Å². The van der Waals surface area contributed by atoms with Crippen LogP contribution in [-0.4, -0.2) is 73.3 Å². The Morgan fingerprint density at radius 2 is 1.32 bits per heavy atom. The van der Waals surface area contributed by atoms with Crippen molar-refractivity contribution in [3.8, 4) is 0 Å². The number of hydrogen-bond donors (Lipinski definition) is 1. The van der Waals surface area contributed by atoms with Crippen LogP contribution in [0, 0.1) is 11.9 Å². The summed E-state index contributed by atoms with van der Waals surface area (Å²) in [6.07, 6.45) is 2.80. The zero-order valence-electron chi connectivity index (χ0n) is 20.0. The fourth-order valence-electron chi connectivity index (χ4n) is 3.99. The number of halogens is 2. The molecular weight excluding hydrogens is 478 g/mol. The van der Waals surface area contributed by atoms with Crippen molar-refractivity contribution < 1.29 is 18.3 Å². The second kappa shape index (κ2) is 14.1. The number of nitrogens with zero attached hydrogens (tertiary/aromatic N) is 5. The third kappa shape index (κ3) is 8.38. The molecule has 1 aromatic carbocycles. The van der Waals surface area contributed by atoms with E-state index >= 15 is 0 Å². The Kier molecular flexibility index (Phi) is 10.6. The first-order chi connectivity index (χ1) is 17.6. The molecule has 8 nitrogen and oxygen atoms in total. The molecule has 0 unspecified atom stereocenters. The number of aromatic nitrogens is 2. The number of piperazine rings is 2. The van der Waals surface area contributed by atoms with Crippen LogP contribution in [0.15, 0.2) is 67.0 Å². The van der Waals surface area contributed by atoms with E-state index < -0.39 is 11.9 Å². The smallest absolute Gasteiger partial charge is 0.410 e. The number of anilines is 2. The molecule has 0 saturated carbocycles. The Bertz CT molecular complexity index is 1070. The quantitative estimate of drug-likeness (QED) is 0.531. The van der Waals surface area contributed by atoms with E-state index in [4.69, 9.17) is 4.74 Å². The molecule has 198 valence electrons. The lowest BCUT2D eigenvalue weighted by Crippen LogP contribution is -2.49. The number of nitrogens with one attached hydrogen (secondary N) is 1. The SMILES string of the molecule is C.Fc1ccc(N2CCNCC2)cn1.O=C(OCc1ccccc1)N1CCN(c2ccc(F)nc2)CC1. The van der Waals surface area contributed by atoms with E-state index in [1.54, 1.807) is 23.2 Å². The second-order valence-corrected chi connectivity index (χ2v) is 8.43. The Morgan fingerprint density at radius 1 is 0.784 bits per heavy atom. The van der Waals surface area contributed by atoms with Crippen LogP contribution in [0.4, 0.5) is 25.0 Å². The molecule has 5 rings (SSSR count). The van der Waals surface area contributed by atoms with E-state index in [0.29, 0.717) is 26.2 Å². The molecule has 2 fully saturated rings. The average Bonchev–Trinajstić information content (AvgIpc) is 2.94. The van der Waals surface area contributed by atoms with Crippen LogP contribution in [0.5, 0.6) is 0 Å². The van der Waals surface area contributed by atoms with Crippen LogP contribution < -0.4 is 15.1 Å². The Morgan fingerprint density at radius 3 is 1.84 bits per heavy atom. The van der Waals surface area contributed by atoms with Gasteiger partial charge in [-0.2, -0.15) is 8.78 Å². The summed E-state index contributed by atoms with van der Waals surface area (Å²) in [6, 6.07) is 15.8. The highest BCUT2D eigenvalue weighted by Gasteiger charge is 2.22. The second-order valence-electron chi connectivity index (χ2n) is 8.43. The maximum atomic E-state index is 12.8. The van der Waals surface area contributed by atoms with Crippen molar-refractivity contribution in [2.45, 2.75) is 14.0 Å². The van der Waals surface area contributed by atoms with E-state index in [9.17, 15) is 13.6 Å². The first-order valence-electron chi connectivity index (χ1n) is 12.0. The molecule has 0 bridgehead atoms. The van der Waals surface area contributed by atoms with Gasteiger partial charge in [-0.15, -0.1) is 0 Å². The third-order valence-electron chi connectivity index (χ3n) is 6.01. The van der Waals surface area contributed by atoms with Gasteiger partial charge >= 0.3 is 6.09 Å². The molecule has 37 heavy (non-hydrogen) atoms. The van der Waals surface area contributed by atoms with E-state index in [1.807, 2.05) is 30.3 Å². The van der Waals surface area contributed by atoms with Gasteiger partial charge in [0.15, 0.2) is 0 Å². The van der Waals surface area contributed by atoms with Gasteiger partial charge in [0.1, 0.15) is 6.61 Å². The van der Waals surface area contributed by atoms with Crippen LogP contribution in [0.25, 0.3) is 0 Å². The van der Waals surface area contributed by atoms with Gasteiger partial charge in [0.05, 0.1) is 23.8 Å². The van der Waals surface area contributed by atoms with Crippen molar-refractivity contribution >= 4 is 17.5 Å². The van der Waals surface area contributed by atoms with Crippen LogP contribution in [0.3, 0.4) is 0 Å². The normalized spacial score (nSPS) is 15.2. The highest BCUT2D eigenvalue weighted by Crippen LogP contribution is 2.16. The van der Waals surface area contributed by atoms with Crippen molar-refractivity contribution in [3.63, 3.8) is 0 Å². The monoisotopic (exact) mass is 512 g/mol. The minimum Gasteiger partial charge on any atom is -0.445 e. The summed E-state index contributed by atoms with van der Waals surface area (Å²) in [6.45, 7) is 6.68. The molecule has 2 aliphatic heterocycles. The first kappa shape index (κ1) is 27.8. The number of amides is 1. The summed E-state index contributed by atoms with van der Waals surface area (Å²) in [5.74, 6) is -0.907. The van der Waals surface area contributed by atoms with Gasteiger partial charge in [0.25, 0.3) is 0 Å². The topological polar surface area (TPSA) is 73.8 Å². The van der Waals surface area contributed by atoms with Gasteiger partial charge in [-0.3, -0.25) is 0 Å². The highest BCUT2D eigenvalue weighted by molar-refractivity contribution is 5.68. The van der Waals surface area contributed by atoms with Crippen molar-refractivity contribution in [2.24, 2.45) is 0 Å². The highest BCUT2D eigenvalue weighted by atomic mass is 19.1. The molecule has 2 aromatic heterocycles. The van der Waals surface area contributed by atoms with Gasteiger partial charge in [0, 0.05) is 52.4 Å². The van der Waals surface area contributed by atoms with Crippen LogP contribution in [0.1, 0.15) is 13.0 Å². The predicted octanol–water partition coefficient (Wildman–Crippen LogP) is 3.95. The fraction of sp³-hybridized carbons (Fsp3) is 0.370. The summed E-state index contributed by atoms with van der Waals surface area (Å²) < 4.78 is 30.7. The summed E-state index contributed by atoms with van der Waals surface area (Å²) >= 11 is 0. The third-order valence-corrected chi connectivity index (χ3v) is 6.01. The van der Waals surface area contributed by atoms with Crippen molar-refractivity contribution in [1.82, 2.24) is 20.2 Å². The minimum atomic E-state index is -0.489. The Balaban J connectivity index is 0.000000231. The molecule has 2 saturated heterocycles. The molecule has 10 heteroatoms. The zero-order chi connectivity index (χ0) is 25.2. The lowest BCUT2D eigenvalue weighted by molar-refractivity contribution is 0.0942. The number of ether oxygens (including phenoxy) is 1. The molecule has 0 spiro atoms. The lowest BCUT2D eigenvalue weighted by atomic mass is 10.2.